The Balaban J connectivity index is 1.87. The van der Waals surface area contributed by atoms with Gasteiger partial charge in [0.05, 0.1) is 20.3 Å². The van der Waals surface area contributed by atoms with E-state index in [-0.39, 0.29) is 0 Å². The first-order chi connectivity index (χ1) is 12.7. The molecule has 0 atom stereocenters. The Bertz CT molecular complexity index is 951. The van der Waals surface area contributed by atoms with Crippen molar-refractivity contribution in [2.45, 2.75) is 39.2 Å². The number of nitrogens with two attached hydrogens (primary N) is 1. The number of benzene rings is 1. The van der Waals surface area contributed by atoms with Crippen LogP contribution in [0, 0.1) is 6.92 Å². The second-order valence-corrected chi connectivity index (χ2v) is 6.61. The average Bonchev–Trinajstić information content (AvgIpc) is 2.94. The molecule has 3 heterocycles. The van der Waals surface area contributed by atoms with Gasteiger partial charge in [0.25, 0.3) is 0 Å². The summed E-state index contributed by atoms with van der Waals surface area (Å²) in [6, 6.07) is 6.72. The molecule has 0 radical (unpaired) electrons. The van der Waals surface area contributed by atoms with E-state index in [1.54, 1.807) is 7.11 Å². The summed E-state index contributed by atoms with van der Waals surface area (Å²) in [6.07, 6.45) is 4.22. The number of aryl methyl sites for hydroxylation is 2. The van der Waals surface area contributed by atoms with Crippen LogP contribution >= 0.6 is 0 Å². The van der Waals surface area contributed by atoms with Crippen LogP contribution in [0.25, 0.3) is 11.2 Å². The lowest BCUT2D eigenvalue weighted by Crippen LogP contribution is -2.08. The van der Waals surface area contributed by atoms with E-state index in [1.807, 2.05) is 17.6 Å². The van der Waals surface area contributed by atoms with Crippen LogP contribution in [0.1, 0.15) is 36.2 Å². The van der Waals surface area contributed by atoms with Gasteiger partial charge in [-0.2, -0.15) is 9.97 Å². The second kappa shape index (κ2) is 6.82. The lowest BCUT2D eigenvalue weighted by molar-refractivity contribution is 0.283. The lowest BCUT2D eigenvalue weighted by Gasteiger charge is -2.14. The number of hydrogen-bond donors (Lipinski definition) is 1. The molecule has 0 fully saturated rings. The number of aromatic nitrogens is 4. The molecule has 1 aromatic carbocycles. The minimum absolute atomic E-state index is 0.314. The molecule has 2 N–H and O–H groups in total. The van der Waals surface area contributed by atoms with E-state index in [4.69, 9.17) is 15.2 Å². The fraction of sp³-hybridized carbons (Fsp3) is 0.421. The predicted molar refractivity (Wildman–Crippen MR) is 99.6 cm³/mol. The van der Waals surface area contributed by atoms with Crippen LogP contribution in [0.4, 0.5) is 5.82 Å². The zero-order valence-corrected chi connectivity index (χ0v) is 15.2. The number of nitrogens with zero attached hydrogens (tertiary/aromatic N) is 4. The highest BCUT2D eigenvalue weighted by Gasteiger charge is 2.17. The molecule has 0 saturated carbocycles. The number of methoxy groups -OCH3 is 1. The van der Waals surface area contributed by atoms with Gasteiger partial charge < -0.3 is 19.8 Å². The monoisotopic (exact) mass is 353 g/mol. The van der Waals surface area contributed by atoms with E-state index in [0.29, 0.717) is 36.1 Å². The molecule has 0 aliphatic carbocycles. The van der Waals surface area contributed by atoms with Crippen LogP contribution in [-0.2, 0) is 13.0 Å². The molecule has 4 rings (SSSR count). The summed E-state index contributed by atoms with van der Waals surface area (Å²) in [6.45, 7) is 3.14. The summed E-state index contributed by atoms with van der Waals surface area (Å²) >= 11 is 0. The summed E-state index contributed by atoms with van der Waals surface area (Å²) in [5.74, 6) is 2.04. The van der Waals surface area contributed by atoms with Gasteiger partial charge in [-0.15, -0.1) is 0 Å². The topological polar surface area (TPSA) is 88.1 Å². The standard InChI is InChI=1S/C19H23N5O2/c1-12-21-16-17(20)22-19-23-18(16)24(12)11-14-10-13(7-8-15(14)25-2)6-4-3-5-9-26-19/h7-8,10H,3-6,9,11H2,1-2H3,(H2,20,22,23). The number of rotatable bonds is 1. The van der Waals surface area contributed by atoms with Crippen LogP contribution in [-0.4, -0.2) is 33.2 Å². The Morgan fingerprint density at radius 1 is 1.15 bits per heavy atom. The van der Waals surface area contributed by atoms with Crippen molar-refractivity contribution < 1.29 is 9.47 Å². The van der Waals surface area contributed by atoms with Crippen molar-refractivity contribution >= 4 is 17.0 Å². The molecule has 3 aromatic rings. The van der Waals surface area contributed by atoms with Crippen LogP contribution in [0.2, 0.25) is 0 Å². The highest BCUT2D eigenvalue weighted by molar-refractivity contribution is 5.82. The fourth-order valence-electron chi connectivity index (χ4n) is 3.42. The highest BCUT2D eigenvalue weighted by atomic mass is 16.5. The zero-order chi connectivity index (χ0) is 18.1. The van der Waals surface area contributed by atoms with Gasteiger partial charge >= 0.3 is 6.01 Å². The molecule has 136 valence electrons. The molecule has 1 aliphatic heterocycles. The van der Waals surface area contributed by atoms with Gasteiger partial charge in [0.15, 0.2) is 17.0 Å². The van der Waals surface area contributed by atoms with Crippen molar-refractivity contribution in [3.8, 4) is 11.8 Å². The summed E-state index contributed by atoms with van der Waals surface area (Å²) < 4.78 is 13.3. The van der Waals surface area contributed by atoms with Gasteiger partial charge in [0, 0.05) is 5.56 Å². The van der Waals surface area contributed by atoms with Crippen molar-refractivity contribution in [1.82, 2.24) is 19.5 Å². The second-order valence-electron chi connectivity index (χ2n) is 6.61. The minimum atomic E-state index is 0.314. The Labute approximate surface area is 152 Å². The number of imidazole rings is 1. The van der Waals surface area contributed by atoms with Crippen molar-refractivity contribution in [3.63, 3.8) is 0 Å². The van der Waals surface area contributed by atoms with E-state index in [2.05, 4.69) is 27.1 Å². The predicted octanol–water partition coefficient (Wildman–Crippen LogP) is 2.88. The Hall–Kier alpha value is -2.83. The summed E-state index contributed by atoms with van der Waals surface area (Å²) in [4.78, 5) is 13.4. The highest BCUT2D eigenvalue weighted by Crippen LogP contribution is 2.27. The molecule has 0 amide bonds. The van der Waals surface area contributed by atoms with E-state index < -0.39 is 0 Å². The largest absolute Gasteiger partial charge is 0.496 e. The van der Waals surface area contributed by atoms with Crippen LogP contribution < -0.4 is 15.2 Å². The average molecular weight is 353 g/mol. The number of ether oxygens (including phenoxy) is 2. The smallest absolute Gasteiger partial charge is 0.320 e. The third-order valence-electron chi connectivity index (χ3n) is 4.81. The molecule has 0 spiro atoms. The maximum Gasteiger partial charge on any atom is 0.320 e. The molecule has 4 bridgehead atoms. The Morgan fingerprint density at radius 2 is 2.04 bits per heavy atom. The van der Waals surface area contributed by atoms with Crippen LogP contribution in [0.5, 0.6) is 11.8 Å². The first kappa shape index (κ1) is 16.6. The van der Waals surface area contributed by atoms with Crippen molar-refractivity contribution in [3.05, 3.63) is 35.2 Å². The van der Waals surface area contributed by atoms with Gasteiger partial charge in [0.2, 0.25) is 0 Å². The van der Waals surface area contributed by atoms with Crippen LogP contribution in [0.15, 0.2) is 18.2 Å². The first-order valence-electron chi connectivity index (χ1n) is 8.94. The van der Waals surface area contributed by atoms with Crippen molar-refractivity contribution in [2.75, 3.05) is 19.5 Å². The van der Waals surface area contributed by atoms with E-state index >= 15 is 0 Å². The van der Waals surface area contributed by atoms with E-state index in [9.17, 15) is 0 Å². The fourth-order valence-corrected chi connectivity index (χ4v) is 3.42. The molecule has 0 saturated heterocycles. The minimum Gasteiger partial charge on any atom is -0.496 e. The van der Waals surface area contributed by atoms with E-state index in [0.717, 1.165) is 42.8 Å². The molecule has 7 heteroatoms. The van der Waals surface area contributed by atoms with Gasteiger partial charge in [-0.1, -0.05) is 12.1 Å². The van der Waals surface area contributed by atoms with Crippen molar-refractivity contribution in [2.24, 2.45) is 0 Å². The Morgan fingerprint density at radius 3 is 2.88 bits per heavy atom. The van der Waals surface area contributed by atoms with Crippen LogP contribution in [0.3, 0.4) is 0 Å². The zero-order valence-electron chi connectivity index (χ0n) is 15.2. The Kier molecular flexibility index (Phi) is 4.36. The van der Waals surface area contributed by atoms with E-state index in [1.165, 1.54) is 5.56 Å². The van der Waals surface area contributed by atoms with Gasteiger partial charge in [-0.25, -0.2) is 4.98 Å². The lowest BCUT2D eigenvalue weighted by atomic mass is 10.0. The van der Waals surface area contributed by atoms with Gasteiger partial charge in [-0.05, 0) is 44.2 Å². The molecule has 1 aliphatic rings. The number of hydrogen-bond acceptors (Lipinski definition) is 6. The molecule has 2 aromatic heterocycles. The first-order valence-corrected chi connectivity index (χ1v) is 8.94. The maximum atomic E-state index is 6.10. The summed E-state index contributed by atoms with van der Waals surface area (Å²) in [7, 11) is 1.70. The third-order valence-corrected chi connectivity index (χ3v) is 4.81. The summed E-state index contributed by atoms with van der Waals surface area (Å²) in [5.41, 5.74) is 9.81. The molecule has 7 nitrogen and oxygen atoms in total. The van der Waals surface area contributed by atoms with Gasteiger partial charge in [-0.3, -0.25) is 0 Å². The molecule has 0 unspecified atom stereocenters. The number of fused-ring (bicyclic) bond motifs is 3. The molecule has 26 heavy (non-hydrogen) atoms. The van der Waals surface area contributed by atoms with Gasteiger partial charge in [0.1, 0.15) is 11.6 Å². The molecular formula is C19H23N5O2. The molecular weight excluding hydrogens is 330 g/mol. The maximum absolute atomic E-state index is 6.10. The number of anilines is 1. The normalized spacial score (nSPS) is 14.8. The van der Waals surface area contributed by atoms with Crippen molar-refractivity contribution in [1.29, 1.82) is 0 Å². The third kappa shape index (κ3) is 3.05. The SMILES string of the molecule is COc1ccc2cc1Cn1c(C)nc3c(N)nc(nc31)OCCCCC2. The summed E-state index contributed by atoms with van der Waals surface area (Å²) in [5, 5.41) is 0. The quantitative estimate of drug-likeness (QED) is 0.724. The number of nitrogen functional groups attached to an aromatic ring is 1.